The van der Waals surface area contributed by atoms with Crippen LogP contribution >= 0.6 is 0 Å². The predicted molar refractivity (Wildman–Crippen MR) is 122 cm³/mol. The second-order valence-corrected chi connectivity index (χ2v) is 9.03. The molecule has 2 aromatic carbocycles. The van der Waals surface area contributed by atoms with Crippen LogP contribution in [0, 0.1) is 5.41 Å². The molecule has 32 heavy (non-hydrogen) atoms. The molecule has 1 aliphatic carbocycles. The lowest BCUT2D eigenvalue weighted by Gasteiger charge is -2.41. The Morgan fingerprint density at radius 3 is 2.38 bits per heavy atom. The Bertz CT molecular complexity index is 1130. The summed E-state index contributed by atoms with van der Waals surface area (Å²) >= 11 is 0. The maximum absolute atomic E-state index is 12.2. The summed E-state index contributed by atoms with van der Waals surface area (Å²) in [5, 5.41) is 2.40. The van der Waals surface area contributed by atoms with Crippen molar-refractivity contribution in [3.63, 3.8) is 0 Å². The number of ether oxygens (including phenoxy) is 2. The number of amides is 2. The van der Waals surface area contributed by atoms with Crippen LogP contribution in [0.5, 0.6) is 11.5 Å². The lowest BCUT2D eigenvalue weighted by atomic mass is 9.64. The largest absolute Gasteiger partial charge is 0.493 e. The highest BCUT2D eigenvalue weighted by Crippen LogP contribution is 2.45. The van der Waals surface area contributed by atoms with E-state index >= 15 is 0 Å². The van der Waals surface area contributed by atoms with Crippen molar-refractivity contribution in [2.75, 3.05) is 20.8 Å². The lowest BCUT2D eigenvalue weighted by molar-refractivity contribution is 0.0879. The van der Waals surface area contributed by atoms with E-state index in [0.29, 0.717) is 11.1 Å². The van der Waals surface area contributed by atoms with E-state index in [-0.39, 0.29) is 17.2 Å². The molecule has 0 saturated heterocycles. The second kappa shape index (κ2) is 8.08. The van der Waals surface area contributed by atoms with Gasteiger partial charge in [-0.2, -0.15) is 0 Å². The molecular weight excluding hydrogens is 404 g/mol. The SMILES string of the molecule is COc1cc2c(cc1OC)C(C1(Cc3ccc4c(c3)C(=O)NC4=O)CCCCC1)=NCC2. The number of imide groups is 1. The molecule has 2 heterocycles. The van der Waals surface area contributed by atoms with Crippen LogP contribution in [-0.4, -0.2) is 38.3 Å². The fourth-order valence-electron chi connectivity index (χ4n) is 5.62. The Labute approximate surface area is 188 Å². The maximum Gasteiger partial charge on any atom is 0.258 e. The normalized spacial score (nSPS) is 19.0. The summed E-state index contributed by atoms with van der Waals surface area (Å²) in [7, 11) is 3.33. The molecular formula is C26H28N2O4. The quantitative estimate of drug-likeness (QED) is 0.721. The number of carbonyl (C=O) groups is 2. The Kier molecular flexibility index (Phi) is 5.24. The fourth-order valence-corrected chi connectivity index (χ4v) is 5.62. The molecule has 0 radical (unpaired) electrons. The molecule has 0 unspecified atom stereocenters. The molecule has 1 fully saturated rings. The fraction of sp³-hybridized carbons (Fsp3) is 0.423. The topological polar surface area (TPSA) is 77.0 Å². The van der Waals surface area contributed by atoms with Gasteiger partial charge in [0.1, 0.15) is 0 Å². The van der Waals surface area contributed by atoms with Crippen LogP contribution in [0.4, 0.5) is 0 Å². The number of aliphatic imine (C=N–C) groups is 1. The maximum atomic E-state index is 12.2. The van der Waals surface area contributed by atoms with Gasteiger partial charge in [-0.25, -0.2) is 0 Å². The van der Waals surface area contributed by atoms with Crippen LogP contribution in [0.25, 0.3) is 0 Å². The van der Waals surface area contributed by atoms with Crippen molar-refractivity contribution < 1.29 is 19.1 Å². The third-order valence-corrected chi connectivity index (χ3v) is 7.17. The van der Waals surface area contributed by atoms with Crippen LogP contribution in [0.2, 0.25) is 0 Å². The zero-order chi connectivity index (χ0) is 22.3. The zero-order valence-corrected chi connectivity index (χ0v) is 18.6. The van der Waals surface area contributed by atoms with Gasteiger partial charge in [-0.05, 0) is 61.1 Å². The molecule has 3 aliphatic rings. The van der Waals surface area contributed by atoms with Gasteiger partial charge in [0.2, 0.25) is 0 Å². The summed E-state index contributed by atoms with van der Waals surface area (Å²) in [5.41, 5.74) is 5.48. The van der Waals surface area contributed by atoms with Crippen molar-refractivity contribution in [1.82, 2.24) is 5.32 Å². The van der Waals surface area contributed by atoms with Crippen molar-refractivity contribution in [3.8, 4) is 11.5 Å². The monoisotopic (exact) mass is 432 g/mol. The molecule has 1 N–H and O–H groups in total. The minimum absolute atomic E-state index is 0.0969. The summed E-state index contributed by atoms with van der Waals surface area (Å²) in [4.78, 5) is 29.3. The Balaban J connectivity index is 1.57. The van der Waals surface area contributed by atoms with E-state index in [1.54, 1.807) is 20.3 Å². The van der Waals surface area contributed by atoms with Gasteiger partial charge in [0.25, 0.3) is 11.8 Å². The molecule has 2 amide bonds. The van der Waals surface area contributed by atoms with Crippen molar-refractivity contribution in [2.45, 2.75) is 44.9 Å². The molecule has 0 bridgehead atoms. The van der Waals surface area contributed by atoms with Gasteiger partial charge in [0, 0.05) is 23.2 Å². The summed E-state index contributed by atoms with van der Waals surface area (Å²) in [5.74, 6) is 0.858. The second-order valence-electron chi connectivity index (χ2n) is 9.03. The number of hydrogen-bond donors (Lipinski definition) is 1. The van der Waals surface area contributed by atoms with Crippen molar-refractivity contribution in [2.24, 2.45) is 10.4 Å². The molecule has 2 aliphatic heterocycles. The molecule has 0 spiro atoms. The summed E-state index contributed by atoms with van der Waals surface area (Å²) in [6, 6.07) is 9.84. The third kappa shape index (κ3) is 3.38. The number of fused-ring (bicyclic) bond motifs is 2. The van der Waals surface area contributed by atoms with Gasteiger partial charge in [0.15, 0.2) is 11.5 Å². The van der Waals surface area contributed by atoms with E-state index in [1.165, 1.54) is 12.0 Å². The summed E-state index contributed by atoms with van der Waals surface area (Å²) in [6.07, 6.45) is 7.35. The third-order valence-electron chi connectivity index (χ3n) is 7.17. The number of methoxy groups -OCH3 is 2. The molecule has 2 aromatic rings. The first-order valence-electron chi connectivity index (χ1n) is 11.3. The number of carbonyl (C=O) groups excluding carboxylic acids is 2. The first-order valence-corrected chi connectivity index (χ1v) is 11.3. The highest BCUT2D eigenvalue weighted by Gasteiger charge is 2.40. The van der Waals surface area contributed by atoms with Gasteiger partial charge >= 0.3 is 0 Å². The average Bonchev–Trinajstić information content (AvgIpc) is 3.11. The van der Waals surface area contributed by atoms with Crippen molar-refractivity contribution in [3.05, 3.63) is 58.1 Å². The standard InChI is InChI=1S/C26H28N2O4/c1-31-21-13-17-8-11-27-23(19(17)14-22(21)32-2)26(9-4-3-5-10-26)15-16-6-7-18-20(12-16)25(30)28-24(18)29/h6-7,12-14H,3-5,8-11,15H2,1-2H3,(H,28,29,30). The molecule has 6 heteroatoms. The number of nitrogens with one attached hydrogen (secondary N) is 1. The van der Waals surface area contributed by atoms with E-state index in [9.17, 15) is 9.59 Å². The van der Waals surface area contributed by atoms with Gasteiger partial charge in [0.05, 0.1) is 25.3 Å². The minimum atomic E-state index is -0.310. The minimum Gasteiger partial charge on any atom is -0.493 e. The Morgan fingerprint density at radius 2 is 1.62 bits per heavy atom. The van der Waals surface area contributed by atoms with E-state index in [0.717, 1.165) is 73.4 Å². The van der Waals surface area contributed by atoms with Gasteiger partial charge in [-0.15, -0.1) is 0 Å². The first-order chi connectivity index (χ1) is 15.5. The lowest BCUT2D eigenvalue weighted by Crippen LogP contribution is -2.38. The van der Waals surface area contributed by atoms with Crippen molar-refractivity contribution in [1.29, 1.82) is 0 Å². The number of nitrogens with zero attached hydrogens (tertiary/aromatic N) is 1. The van der Waals surface area contributed by atoms with Crippen LogP contribution in [0.1, 0.15) is 69.5 Å². The number of hydrogen-bond acceptors (Lipinski definition) is 5. The Morgan fingerprint density at radius 1 is 0.906 bits per heavy atom. The molecule has 5 rings (SSSR count). The van der Waals surface area contributed by atoms with Crippen LogP contribution in [0.15, 0.2) is 35.3 Å². The smallest absolute Gasteiger partial charge is 0.258 e. The predicted octanol–water partition coefficient (Wildman–Crippen LogP) is 4.13. The molecule has 1 saturated carbocycles. The van der Waals surface area contributed by atoms with E-state index < -0.39 is 0 Å². The highest BCUT2D eigenvalue weighted by molar-refractivity contribution is 6.21. The van der Waals surface area contributed by atoms with Crippen LogP contribution in [0.3, 0.4) is 0 Å². The average molecular weight is 433 g/mol. The molecule has 6 nitrogen and oxygen atoms in total. The van der Waals surface area contributed by atoms with Crippen LogP contribution in [-0.2, 0) is 12.8 Å². The summed E-state index contributed by atoms with van der Waals surface area (Å²) < 4.78 is 11.1. The van der Waals surface area contributed by atoms with Gasteiger partial charge < -0.3 is 9.47 Å². The van der Waals surface area contributed by atoms with Gasteiger partial charge in [-0.1, -0.05) is 25.3 Å². The van der Waals surface area contributed by atoms with Crippen LogP contribution < -0.4 is 14.8 Å². The van der Waals surface area contributed by atoms with Gasteiger partial charge in [-0.3, -0.25) is 19.9 Å². The van der Waals surface area contributed by atoms with Crippen molar-refractivity contribution >= 4 is 17.5 Å². The molecule has 0 atom stereocenters. The first kappa shape index (κ1) is 20.7. The van der Waals surface area contributed by atoms with E-state index in [1.807, 2.05) is 12.1 Å². The zero-order valence-electron chi connectivity index (χ0n) is 18.6. The Hall–Kier alpha value is -3.15. The number of benzene rings is 2. The highest BCUT2D eigenvalue weighted by atomic mass is 16.5. The van der Waals surface area contributed by atoms with E-state index in [2.05, 4.69) is 17.4 Å². The van der Waals surface area contributed by atoms with E-state index in [4.69, 9.17) is 14.5 Å². The molecule has 0 aromatic heterocycles. The molecule has 166 valence electrons. The number of rotatable bonds is 5. The summed E-state index contributed by atoms with van der Waals surface area (Å²) in [6.45, 7) is 0.765.